The molecule has 0 saturated carbocycles. The lowest BCUT2D eigenvalue weighted by atomic mass is 10.1. The highest BCUT2D eigenvalue weighted by Gasteiger charge is 2.24. The fourth-order valence-corrected chi connectivity index (χ4v) is 3.56. The zero-order valence-electron chi connectivity index (χ0n) is 16.7. The molecule has 154 valence electrons. The summed E-state index contributed by atoms with van der Waals surface area (Å²) in [5, 5.41) is 15.4. The van der Waals surface area contributed by atoms with Gasteiger partial charge in [-0.2, -0.15) is 5.10 Å². The van der Waals surface area contributed by atoms with Crippen molar-refractivity contribution in [2.45, 2.75) is 13.8 Å². The highest BCUT2D eigenvalue weighted by molar-refractivity contribution is 5.95. The molecule has 0 N–H and O–H groups in total. The second-order valence-electron chi connectivity index (χ2n) is 7.16. The molecule has 0 spiro atoms. The van der Waals surface area contributed by atoms with Gasteiger partial charge >= 0.3 is 0 Å². The first-order valence-electron chi connectivity index (χ1n) is 9.57. The summed E-state index contributed by atoms with van der Waals surface area (Å²) in [6.07, 6.45) is 1.52. The minimum absolute atomic E-state index is 0.0860. The highest BCUT2D eigenvalue weighted by Crippen LogP contribution is 2.19. The quantitative estimate of drug-likeness (QED) is 0.481. The molecule has 1 aliphatic heterocycles. The molecule has 1 aliphatic rings. The number of hydrogen-bond donors (Lipinski definition) is 0. The number of carbonyl (C=O) groups is 1. The fourth-order valence-electron chi connectivity index (χ4n) is 3.56. The van der Waals surface area contributed by atoms with Gasteiger partial charge in [-0.15, -0.1) is 0 Å². The van der Waals surface area contributed by atoms with Crippen molar-refractivity contribution < 1.29 is 9.72 Å². The standard InChI is InChI=1S/C20H21N7O3/c1-14-10-15(2)26(23-14)19-12-18(21-13-22-19)24-6-8-25(9-7-24)20(28)16-4-3-5-17(11-16)27(29)30/h3-5,10-13H,6-9H2,1-2H3. The van der Waals surface area contributed by atoms with Crippen LogP contribution in [0.1, 0.15) is 21.7 Å². The molecule has 4 rings (SSSR count). The van der Waals surface area contributed by atoms with Crippen LogP contribution in [0.2, 0.25) is 0 Å². The monoisotopic (exact) mass is 407 g/mol. The molecule has 0 aliphatic carbocycles. The number of aromatic nitrogens is 4. The normalized spacial score (nSPS) is 14.1. The lowest BCUT2D eigenvalue weighted by Gasteiger charge is -2.35. The van der Waals surface area contributed by atoms with Crippen LogP contribution in [0.25, 0.3) is 5.82 Å². The lowest BCUT2D eigenvalue weighted by Crippen LogP contribution is -2.49. The Labute approximate surface area is 172 Å². The van der Waals surface area contributed by atoms with Crippen molar-refractivity contribution in [1.82, 2.24) is 24.6 Å². The van der Waals surface area contributed by atoms with Gasteiger partial charge in [0.2, 0.25) is 0 Å². The SMILES string of the molecule is Cc1cc(C)n(-c2cc(N3CCN(C(=O)c4cccc([N+](=O)[O-])c4)CC3)ncn2)n1. The molecule has 1 amide bonds. The Morgan fingerprint density at radius 3 is 2.43 bits per heavy atom. The van der Waals surface area contributed by atoms with Gasteiger partial charge in [0, 0.05) is 55.6 Å². The Bertz CT molecular complexity index is 1100. The molecule has 10 nitrogen and oxygen atoms in total. The van der Waals surface area contributed by atoms with Crippen molar-refractivity contribution in [3.8, 4) is 5.82 Å². The smallest absolute Gasteiger partial charge is 0.270 e. The van der Waals surface area contributed by atoms with E-state index < -0.39 is 4.92 Å². The fraction of sp³-hybridized carbons (Fsp3) is 0.300. The van der Waals surface area contributed by atoms with E-state index >= 15 is 0 Å². The first-order valence-corrected chi connectivity index (χ1v) is 9.57. The van der Waals surface area contributed by atoms with Crippen molar-refractivity contribution in [2.75, 3.05) is 31.1 Å². The zero-order valence-corrected chi connectivity index (χ0v) is 16.7. The Morgan fingerprint density at radius 1 is 1.03 bits per heavy atom. The molecular formula is C20H21N7O3. The van der Waals surface area contributed by atoms with Crippen molar-refractivity contribution in [3.63, 3.8) is 0 Å². The Balaban J connectivity index is 1.45. The summed E-state index contributed by atoms with van der Waals surface area (Å²) in [5.41, 5.74) is 2.15. The maximum absolute atomic E-state index is 12.7. The van der Waals surface area contributed by atoms with E-state index in [2.05, 4.69) is 20.0 Å². The lowest BCUT2D eigenvalue weighted by molar-refractivity contribution is -0.384. The minimum atomic E-state index is -0.496. The van der Waals surface area contributed by atoms with Crippen molar-refractivity contribution in [1.29, 1.82) is 0 Å². The van der Waals surface area contributed by atoms with Crippen molar-refractivity contribution in [2.24, 2.45) is 0 Å². The van der Waals surface area contributed by atoms with Crippen molar-refractivity contribution in [3.05, 3.63) is 69.8 Å². The van der Waals surface area contributed by atoms with Gasteiger partial charge in [-0.25, -0.2) is 14.6 Å². The van der Waals surface area contributed by atoms with Crippen LogP contribution in [0.4, 0.5) is 11.5 Å². The van der Waals surface area contributed by atoms with Gasteiger partial charge in [0.15, 0.2) is 5.82 Å². The molecule has 0 unspecified atom stereocenters. The first kappa shape index (κ1) is 19.5. The van der Waals surface area contributed by atoms with E-state index in [0.717, 1.165) is 17.2 Å². The highest BCUT2D eigenvalue weighted by atomic mass is 16.6. The molecular weight excluding hydrogens is 386 g/mol. The number of nitrogens with zero attached hydrogens (tertiary/aromatic N) is 7. The molecule has 3 aromatic rings. The summed E-state index contributed by atoms with van der Waals surface area (Å²) in [6.45, 7) is 6.12. The zero-order chi connectivity index (χ0) is 21.3. The topological polar surface area (TPSA) is 110 Å². The van der Waals surface area contributed by atoms with Gasteiger partial charge in [-0.05, 0) is 26.0 Å². The van der Waals surface area contributed by atoms with E-state index in [9.17, 15) is 14.9 Å². The average Bonchev–Trinajstić information content (AvgIpc) is 3.11. The van der Waals surface area contributed by atoms with Gasteiger partial charge in [0.25, 0.3) is 11.6 Å². The Kier molecular flexibility index (Phi) is 5.13. The van der Waals surface area contributed by atoms with Crippen LogP contribution < -0.4 is 4.90 Å². The number of piperazine rings is 1. The van der Waals surface area contributed by atoms with E-state index in [1.54, 1.807) is 15.6 Å². The summed E-state index contributed by atoms with van der Waals surface area (Å²) in [4.78, 5) is 35.7. The maximum Gasteiger partial charge on any atom is 0.270 e. The number of non-ortho nitro benzene ring substituents is 1. The molecule has 0 atom stereocenters. The summed E-state index contributed by atoms with van der Waals surface area (Å²) >= 11 is 0. The molecule has 10 heteroatoms. The molecule has 1 fully saturated rings. The van der Waals surface area contributed by atoms with Crippen LogP contribution in [0.3, 0.4) is 0 Å². The van der Waals surface area contributed by atoms with Crippen LogP contribution in [0, 0.1) is 24.0 Å². The summed E-state index contributed by atoms with van der Waals surface area (Å²) < 4.78 is 1.78. The molecule has 1 saturated heterocycles. The van der Waals surface area contributed by atoms with Crippen LogP contribution >= 0.6 is 0 Å². The third kappa shape index (κ3) is 3.84. The summed E-state index contributed by atoms with van der Waals surface area (Å²) in [7, 11) is 0. The van der Waals surface area contributed by atoms with Gasteiger partial charge < -0.3 is 9.80 Å². The van der Waals surface area contributed by atoms with Crippen LogP contribution in [-0.2, 0) is 0 Å². The predicted octanol–water partition coefficient (Wildman–Crippen LogP) is 2.15. The van der Waals surface area contributed by atoms with Crippen LogP contribution in [0.15, 0.2) is 42.7 Å². The maximum atomic E-state index is 12.7. The van der Waals surface area contributed by atoms with Crippen LogP contribution in [0.5, 0.6) is 0 Å². The average molecular weight is 407 g/mol. The van der Waals surface area contributed by atoms with E-state index in [-0.39, 0.29) is 11.6 Å². The van der Waals surface area contributed by atoms with E-state index in [0.29, 0.717) is 37.6 Å². The minimum Gasteiger partial charge on any atom is -0.353 e. The third-order valence-corrected chi connectivity index (χ3v) is 5.06. The molecule has 0 radical (unpaired) electrons. The molecule has 2 aromatic heterocycles. The summed E-state index contributed by atoms with van der Waals surface area (Å²) in [6, 6.07) is 9.71. The molecule has 3 heterocycles. The summed E-state index contributed by atoms with van der Waals surface area (Å²) in [5.74, 6) is 1.26. The number of anilines is 1. The largest absolute Gasteiger partial charge is 0.353 e. The van der Waals surface area contributed by atoms with E-state index in [4.69, 9.17) is 0 Å². The molecule has 1 aromatic carbocycles. The number of hydrogen-bond acceptors (Lipinski definition) is 7. The van der Waals surface area contributed by atoms with E-state index in [1.165, 1.54) is 24.5 Å². The van der Waals surface area contributed by atoms with Crippen molar-refractivity contribution >= 4 is 17.4 Å². The number of nitro groups is 1. The predicted molar refractivity (Wildman–Crippen MR) is 110 cm³/mol. The first-order chi connectivity index (χ1) is 14.4. The molecule has 0 bridgehead atoms. The Hall–Kier alpha value is -3.82. The third-order valence-electron chi connectivity index (χ3n) is 5.06. The number of nitro benzene ring substituents is 1. The Morgan fingerprint density at radius 2 is 1.77 bits per heavy atom. The van der Waals surface area contributed by atoms with Crippen LogP contribution in [-0.4, -0.2) is 61.7 Å². The number of amides is 1. The van der Waals surface area contributed by atoms with Gasteiger partial charge in [-0.1, -0.05) is 6.07 Å². The number of aryl methyl sites for hydroxylation is 2. The second-order valence-corrected chi connectivity index (χ2v) is 7.16. The van der Waals surface area contributed by atoms with Gasteiger partial charge in [0.1, 0.15) is 12.1 Å². The van der Waals surface area contributed by atoms with Gasteiger partial charge in [-0.3, -0.25) is 14.9 Å². The number of carbonyl (C=O) groups excluding carboxylic acids is 1. The number of rotatable bonds is 4. The van der Waals surface area contributed by atoms with E-state index in [1.807, 2.05) is 26.0 Å². The number of benzene rings is 1. The second kappa shape index (κ2) is 7.90. The van der Waals surface area contributed by atoms with Gasteiger partial charge in [0.05, 0.1) is 10.6 Å². The molecule has 30 heavy (non-hydrogen) atoms.